The van der Waals surface area contributed by atoms with E-state index in [1.165, 1.54) is 0 Å². The Labute approximate surface area is 124 Å². The topological polar surface area (TPSA) is 137 Å². The lowest BCUT2D eigenvalue weighted by Crippen LogP contribution is -2.47. The van der Waals surface area contributed by atoms with Crippen molar-refractivity contribution in [3.8, 4) is 0 Å². The summed E-state index contributed by atoms with van der Waals surface area (Å²) >= 11 is 0. The van der Waals surface area contributed by atoms with Gasteiger partial charge in [-0.15, -0.1) is 0 Å². The molecule has 4 aromatic carbocycles. The predicted molar refractivity (Wildman–Crippen MR) is 76.1 cm³/mol. The molecule has 24 heavy (non-hydrogen) atoms. The second kappa shape index (κ2) is 3.30. The van der Waals surface area contributed by atoms with Crippen molar-refractivity contribution in [1.82, 2.24) is 0 Å². The zero-order chi connectivity index (χ0) is 17.2. The standard InChI is InChI=1S/C16O8/c17-9-1-2(10(9)18)4-6(14(22)13(4)21)8-7(15(23)16(8)24)5-3(1)11(19)12(5)20/b3-1-,4-2-,7-5-,8-6-. The van der Waals surface area contributed by atoms with Crippen LogP contribution in [0.2, 0.25) is 0 Å². The van der Waals surface area contributed by atoms with Gasteiger partial charge < -0.3 is 0 Å². The maximum Gasteiger partial charge on any atom is 0.235 e. The number of hydrogen-bond donors (Lipinski definition) is 0. The molecule has 0 N–H and O–H groups in total. The molecule has 5 rings (SSSR count). The third kappa shape index (κ3) is 0.944. The lowest BCUT2D eigenvalue weighted by Gasteiger charge is -2.04. The van der Waals surface area contributed by atoms with Crippen LogP contribution in [0.25, 0.3) is 0 Å². The van der Waals surface area contributed by atoms with E-state index in [0.717, 1.165) is 0 Å². The maximum absolute atomic E-state index is 11.8. The molecular formula is C16O8. The van der Waals surface area contributed by atoms with E-state index in [9.17, 15) is 38.4 Å². The summed E-state index contributed by atoms with van der Waals surface area (Å²) in [5.41, 5.74) is -8.56. The molecule has 0 saturated heterocycles. The summed E-state index contributed by atoms with van der Waals surface area (Å²) < 4.78 is 0. The first kappa shape index (κ1) is 12.8. The molecule has 1 aliphatic rings. The van der Waals surface area contributed by atoms with Gasteiger partial charge in [0.1, 0.15) is 0 Å². The summed E-state index contributed by atoms with van der Waals surface area (Å²) in [6.07, 6.45) is 0. The molecule has 0 amide bonds. The quantitative estimate of drug-likeness (QED) is 0.260. The Kier molecular flexibility index (Phi) is 1.76. The van der Waals surface area contributed by atoms with Gasteiger partial charge in [0.05, 0.1) is 41.7 Å². The molecule has 0 radical (unpaired) electrons. The van der Waals surface area contributed by atoms with Crippen LogP contribution in [0.15, 0.2) is 38.4 Å². The van der Waals surface area contributed by atoms with E-state index >= 15 is 0 Å². The van der Waals surface area contributed by atoms with Gasteiger partial charge in [-0.2, -0.15) is 0 Å². The van der Waals surface area contributed by atoms with Crippen molar-refractivity contribution in [3.05, 3.63) is 124 Å². The second-order valence-electron chi connectivity index (χ2n) is 5.63. The summed E-state index contributed by atoms with van der Waals surface area (Å²) in [7, 11) is 0. The van der Waals surface area contributed by atoms with Crippen molar-refractivity contribution in [3.63, 3.8) is 0 Å². The first-order valence-electron chi connectivity index (χ1n) is 6.63. The lowest BCUT2D eigenvalue weighted by molar-refractivity contribution is 1.06. The van der Waals surface area contributed by atoms with Crippen LogP contribution >= 0.6 is 0 Å². The molecule has 0 unspecified atom stereocenters. The fraction of sp³-hybridized carbons (Fsp3) is 0. The predicted octanol–water partition coefficient (Wildman–Crippen LogP) is -4.47. The first-order chi connectivity index (χ1) is 11.3. The highest BCUT2D eigenvalue weighted by molar-refractivity contribution is 5.36. The molecule has 0 aromatic heterocycles. The normalized spacial score (nSPS) is 18.7. The molecule has 8 heteroatoms. The Morgan fingerprint density at radius 2 is 0.292 bits per heavy atom. The van der Waals surface area contributed by atoms with E-state index in [0.29, 0.717) is 0 Å². The fourth-order valence-electron chi connectivity index (χ4n) is 3.47. The summed E-state index contributed by atoms with van der Waals surface area (Å²) in [5, 5.41) is -3.40. The Balaban J connectivity index is 2.64. The Bertz CT molecular complexity index is 1520. The van der Waals surface area contributed by atoms with E-state index in [-0.39, 0.29) is 0 Å². The van der Waals surface area contributed by atoms with Crippen LogP contribution in [-0.2, 0) is 0 Å². The highest BCUT2D eigenvalue weighted by Gasteiger charge is 2.26. The molecular weight excluding hydrogens is 320 g/mol. The van der Waals surface area contributed by atoms with Crippen molar-refractivity contribution in [2.45, 2.75) is 0 Å². The molecule has 0 heterocycles. The molecule has 0 bridgehead atoms. The van der Waals surface area contributed by atoms with Crippen LogP contribution in [0.5, 0.6) is 0 Å². The molecule has 4 aromatic rings. The van der Waals surface area contributed by atoms with Crippen molar-refractivity contribution < 1.29 is 0 Å². The van der Waals surface area contributed by atoms with E-state index < -0.39 is 85.2 Å². The summed E-state index contributed by atoms with van der Waals surface area (Å²) in [4.78, 5) is 94.6. The van der Waals surface area contributed by atoms with Crippen molar-refractivity contribution in [1.29, 1.82) is 0 Å². The minimum Gasteiger partial charge on any atom is -0.285 e. The van der Waals surface area contributed by atoms with Gasteiger partial charge in [-0.3, -0.25) is 38.4 Å². The molecule has 0 atom stereocenters. The summed E-state index contributed by atoms with van der Waals surface area (Å²) in [6.45, 7) is 0. The van der Waals surface area contributed by atoms with Crippen LogP contribution in [0.4, 0.5) is 0 Å². The minimum atomic E-state index is -1.07. The Morgan fingerprint density at radius 1 is 0.208 bits per heavy atom. The first-order valence-corrected chi connectivity index (χ1v) is 6.63. The monoisotopic (exact) mass is 320 g/mol. The van der Waals surface area contributed by atoms with Gasteiger partial charge in [0.15, 0.2) is 0 Å². The molecule has 0 aliphatic heterocycles. The van der Waals surface area contributed by atoms with Crippen LogP contribution < -0.4 is 43.4 Å². The number of rotatable bonds is 0. The SMILES string of the molecule is O=c1c(=O)c2/c1=c1/c(=O)c(=O)/c1=c1\c(=O)c(=O)\c1=c1/c(=O)c(=O)/c1=2. The zero-order valence-corrected chi connectivity index (χ0v) is 11.3. The minimum absolute atomic E-state index is 0.424. The molecule has 0 spiro atoms. The van der Waals surface area contributed by atoms with E-state index in [2.05, 4.69) is 0 Å². The van der Waals surface area contributed by atoms with Gasteiger partial charge in [0, 0.05) is 0 Å². The third-order valence-corrected chi connectivity index (χ3v) is 4.64. The lowest BCUT2D eigenvalue weighted by atomic mass is 9.93. The smallest absolute Gasteiger partial charge is 0.235 e. The largest absolute Gasteiger partial charge is 0.285 e. The van der Waals surface area contributed by atoms with Gasteiger partial charge in [-0.05, 0) is 0 Å². The molecule has 8 nitrogen and oxygen atoms in total. The van der Waals surface area contributed by atoms with Crippen molar-refractivity contribution in [2.75, 3.05) is 0 Å². The van der Waals surface area contributed by atoms with Crippen LogP contribution in [0, 0.1) is 41.7 Å². The zero-order valence-electron chi connectivity index (χ0n) is 11.3. The Morgan fingerprint density at radius 3 is 0.375 bits per heavy atom. The maximum atomic E-state index is 11.8. The van der Waals surface area contributed by atoms with Crippen LogP contribution in [0.1, 0.15) is 0 Å². The average Bonchev–Trinajstić information content (AvgIpc) is 2.59. The van der Waals surface area contributed by atoms with Crippen molar-refractivity contribution >= 4 is 0 Å². The van der Waals surface area contributed by atoms with Crippen LogP contribution in [0.3, 0.4) is 0 Å². The summed E-state index contributed by atoms with van der Waals surface area (Å²) in [5.74, 6) is 0. The van der Waals surface area contributed by atoms with Gasteiger partial charge in [0.2, 0.25) is 43.4 Å². The average molecular weight is 320 g/mol. The van der Waals surface area contributed by atoms with E-state index in [1.54, 1.807) is 0 Å². The van der Waals surface area contributed by atoms with Gasteiger partial charge in [0.25, 0.3) is 0 Å². The molecule has 112 valence electrons. The van der Waals surface area contributed by atoms with E-state index in [4.69, 9.17) is 0 Å². The second-order valence-corrected chi connectivity index (χ2v) is 5.63. The highest BCUT2D eigenvalue weighted by atomic mass is 16.2. The summed E-state index contributed by atoms with van der Waals surface area (Å²) in [6, 6.07) is 0. The third-order valence-electron chi connectivity index (χ3n) is 4.64. The Hall–Kier alpha value is -3.68. The van der Waals surface area contributed by atoms with Gasteiger partial charge in [-0.25, -0.2) is 0 Å². The molecule has 0 fully saturated rings. The molecule has 1 aliphatic carbocycles. The number of hydrogen-bond acceptors (Lipinski definition) is 8. The number of fused-ring (bicyclic) bond motifs is 4. The fourth-order valence-corrected chi connectivity index (χ4v) is 3.47. The van der Waals surface area contributed by atoms with E-state index in [1.807, 2.05) is 0 Å². The van der Waals surface area contributed by atoms with Gasteiger partial charge >= 0.3 is 0 Å². The van der Waals surface area contributed by atoms with Crippen LogP contribution in [-0.4, -0.2) is 0 Å². The highest BCUT2D eigenvalue weighted by Crippen LogP contribution is 2.01. The van der Waals surface area contributed by atoms with Gasteiger partial charge in [-0.1, -0.05) is 0 Å². The molecule has 0 saturated carbocycles. The van der Waals surface area contributed by atoms with Crippen molar-refractivity contribution in [2.24, 2.45) is 0 Å².